The number of ether oxygens (including phenoxy) is 2. The zero-order chi connectivity index (χ0) is 24.1. The number of thioether (sulfide) groups is 1. The number of rotatable bonds is 9. The maximum atomic E-state index is 13.4. The molecule has 34 heavy (non-hydrogen) atoms. The van der Waals surface area contributed by atoms with Crippen molar-refractivity contribution in [2.24, 2.45) is 0 Å². The van der Waals surface area contributed by atoms with Crippen molar-refractivity contribution in [1.29, 1.82) is 0 Å². The first-order valence-electron chi connectivity index (χ1n) is 10.4. The van der Waals surface area contributed by atoms with Crippen molar-refractivity contribution in [3.8, 4) is 11.5 Å². The van der Waals surface area contributed by atoms with Gasteiger partial charge in [0.15, 0.2) is 16.7 Å². The van der Waals surface area contributed by atoms with Gasteiger partial charge in [0.05, 0.1) is 25.5 Å². The fourth-order valence-corrected chi connectivity index (χ4v) is 5.01. The Bertz CT molecular complexity index is 1390. The second-order valence-electron chi connectivity index (χ2n) is 7.27. The third-order valence-corrected chi connectivity index (χ3v) is 6.91. The maximum absolute atomic E-state index is 13.4. The van der Waals surface area contributed by atoms with Crippen LogP contribution in [0.25, 0.3) is 10.2 Å². The summed E-state index contributed by atoms with van der Waals surface area (Å²) in [4.78, 5) is 30.2. The van der Waals surface area contributed by atoms with Gasteiger partial charge in [0.2, 0.25) is 5.91 Å². The van der Waals surface area contributed by atoms with Gasteiger partial charge in [-0.2, -0.15) is 0 Å². The van der Waals surface area contributed by atoms with Gasteiger partial charge in [0.25, 0.3) is 5.56 Å². The molecule has 2 aromatic carbocycles. The molecule has 1 N–H and O–H groups in total. The average Bonchev–Trinajstić information content (AvgIpc) is 3.31. The number of amides is 1. The number of hydrogen-bond donors (Lipinski definition) is 1. The van der Waals surface area contributed by atoms with E-state index in [1.54, 1.807) is 30.9 Å². The molecule has 0 bridgehead atoms. The van der Waals surface area contributed by atoms with Crippen LogP contribution in [0.1, 0.15) is 5.56 Å². The van der Waals surface area contributed by atoms with Gasteiger partial charge in [-0.3, -0.25) is 14.2 Å². The van der Waals surface area contributed by atoms with E-state index < -0.39 is 5.82 Å². The summed E-state index contributed by atoms with van der Waals surface area (Å²) in [5.74, 6) is 0.517. The van der Waals surface area contributed by atoms with Crippen LogP contribution in [-0.2, 0) is 17.8 Å². The van der Waals surface area contributed by atoms with Crippen LogP contribution in [0.15, 0.2) is 63.9 Å². The summed E-state index contributed by atoms with van der Waals surface area (Å²) in [6.45, 7) is 0.378. The summed E-state index contributed by atoms with van der Waals surface area (Å²) in [5.41, 5.74) is 1.80. The third-order valence-electron chi connectivity index (χ3n) is 5.04. The van der Waals surface area contributed by atoms with Crippen molar-refractivity contribution in [2.75, 3.05) is 25.3 Å². The zero-order valence-electron chi connectivity index (χ0n) is 18.5. The summed E-state index contributed by atoms with van der Waals surface area (Å²) >= 11 is 2.51. The van der Waals surface area contributed by atoms with E-state index in [2.05, 4.69) is 10.3 Å². The van der Waals surface area contributed by atoms with E-state index in [1.807, 2.05) is 23.6 Å². The molecule has 0 spiro atoms. The molecule has 4 rings (SSSR count). The molecule has 0 aliphatic carbocycles. The van der Waals surface area contributed by atoms with E-state index in [-0.39, 0.29) is 17.2 Å². The highest BCUT2D eigenvalue weighted by molar-refractivity contribution is 7.99. The normalized spacial score (nSPS) is 10.9. The number of methoxy groups -OCH3 is 2. The lowest BCUT2D eigenvalue weighted by Crippen LogP contribution is -2.24. The fraction of sp³-hybridized carbons (Fsp3) is 0.208. The Kier molecular flexibility index (Phi) is 7.49. The lowest BCUT2D eigenvalue weighted by molar-refractivity contribution is -0.113. The molecule has 2 heterocycles. The molecule has 0 saturated heterocycles. The minimum Gasteiger partial charge on any atom is -0.493 e. The molecule has 0 aliphatic heterocycles. The van der Waals surface area contributed by atoms with Crippen LogP contribution in [0.4, 0.5) is 10.1 Å². The van der Waals surface area contributed by atoms with Crippen molar-refractivity contribution < 1.29 is 18.7 Å². The summed E-state index contributed by atoms with van der Waals surface area (Å²) in [7, 11) is 3.15. The zero-order valence-corrected chi connectivity index (χ0v) is 20.2. The van der Waals surface area contributed by atoms with Crippen molar-refractivity contribution >= 4 is 44.9 Å². The highest BCUT2D eigenvalue weighted by atomic mass is 32.2. The highest BCUT2D eigenvalue weighted by Crippen LogP contribution is 2.28. The number of fused-ring (bicyclic) bond motifs is 1. The van der Waals surface area contributed by atoms with E-state index in [9.17, 15) is 14.0 Å². The smallest absolute Gasteiger partial charge is 0.272 e. The maximum Gasteiger partial charge on any atom is 0.272 e. The largest absolute Gasteiger partial charge is 0.493 e. The van der Waals surface area contributed by atoms with E-state index in [0.29, 0.717) is 45.5 Å². The molecule has 2 aromatic heterocycles. The molecule has 4 aromatic rings. The molecular weight excluding hydrogens is 477 g/mol. The molecule has 0 saturated carbocycles. The predicted octanol–water partition coefficient (Wildman–Crippen LogP) is 4.59. The minimum atomic E-state index is -0.431. The Labute approximate surface area is 203 Å². The molecular formula is C24H22FN3O4S2. The quantitative estimate of drug-likeness (QED) is 0.268. The number of anilines is 1. The predicted molar refractivity (Wildman–Crippen MR) is 133 cm³/mol. The number of aryl methyl sites for hydroxylation is 1. The van der Waals surface area contributed by atoms with Crippen LogP contribution in [0.2, 0.25) is 0 Å². The van der Waals surface area contributed by atoms with Crippen molar-refractivity contribution in [3.05, 3.63) is 75.6 Å². The second-order valence-corrected chi connectivity index (χ2v) is 9.13. The van der Waals surface area contributed by atoms with E-state index in [1.165, 1.54) is 41.3 Å². The van der Waals surface area contributed by atoms with Gasteiger partial charge < -0.3 is 14.8 Å². The van der Waals surface area contributed by atoms with E-state index >= 15 is 0 Å². The highest BCUT2D eigenvalue weighted by Gasteiger charge is 2.15. The SMILES string of the molecule is COc1ccc(CCn2c(SCC(=O)Nc3cccc(F)c3)nc3ccsc3c2=O)cc1OC. The van der Waals surface area contributed by atoms with Gasteiger partial charge in [-0.25, -0.2) is 9.37 Å². The number of aromatic nitrogens is 2. The Morgan fingerprint density at radius 1 is 1.15 bits per heavy atom. The molecule has 0 aliphatic rings. The third kappa shape index (κ3) is 5.40. The first kappa shape index (κ1) is 23.8. The van der Waals surface area contributed by atoms with Crippen LogP contribution in [0, 0.1) is 5.82 Å². The van der Waals surface area contributed by atoms with Crippen LogP contribution in [-0.4, -0.2) is 35.4 Å². The van der Waals surface area contributed by atoms with Crippen molar-refractivity contribution in [2.45, 2.75) is 18.1 Å². The Balaban J connectivity index is 1.53. The molecule has 0 radical (unpaired) electrons. The molecule has 176 valence electrons. The van der Waals surface area contributed by atoms with Crippen LogP contribution in [0.3, 0.4) is 0 Å². The lowest BCUT2D eigenvalue weighted by atomic mass is 10.1. The fourth-order valence-electron chi connectivity index (χ4n) is 3.40. The minimum absolute atomic E-state index is 0.0228. The number of carbonyl (C=O) groups excluding carboxylic acids is 1. The Morgan fingerprint density at radius 3 is 2.74 bits per heavy atom. The molecule has 0 atom stereocenters. The number of nitrogens with one attached hydrogen (secondary N) is 1. The Hall–Kier alpha value is -3.37. The van der Waals surface area contributed by atoms with Crippen LogP contribution in [0.5, 0.6) is 11.5 Å². The molecule has 0 fully saturated rings. The number of halogens is 1. The summed E-state index contributed by atoms with van der Waals surface area (Å²) < 4.78 is 26.2. The van der Waals surface area contributed by atoms with Gasteiger partial charge in [-0.15, -0.1) is 11.3 Å². The summed E-state index contributed by atoms with van der Waals surface area (Å²) in [6, 6.07) is 13.1. The second kappa shape index (κ2) is 10.7. The monoisotopic (exact) mass is 499 g/mol. The topological polar surface area (TPSA) is 82.5 Å². The van der Waals surface area contributed by atoms with Gasteiger partial charge in [-0.1, -0.05) is 23.9 Å². The van der Waals surface area contributed by atoms with Gasteiger partial charge in [-0.05, 0) is 53.8 Å². The molecule has 7 nitrogen and oxygen atoms in total. The first-order valence-corrected chi connectivity index (χ1v) is 12.2. The molecule has 1 amide bonds. The Morgan fingerprint density at radius 2 is 1.97 bits per heavy atom. The molecule has 10 heteroatoms. The van der Waals surface area contributed by atoms with Gasteiger partial charge in [0, 0.05) is 12.2 Å². The standard InChI is InChI=1S/C24H22FN3O4S2/c1-31-19-7-6-15(12-20(19)32-2)8-10-28-23(30)22-18(9-11-33-22)27-24(28)34-14-21(29)26-17-5-3-4-16(25)13-17/h3-7,9,11-13H,8,10,14H2,1-2H3,(H,26,29). The number of hydrogen-bond acceptors (Lipinski definition) is 7. The number of thiophene rings is 1. The van der Waals surface area contributed by atoms with Crippen LogP contribution >= 0.6 is 23.1 Å². The summed E-state index contributed by atoms with van der Waals surface area (Å²) in [6.07, 6.45) is 0.557. The lowest BCUT2D eigenvalue weighted by Gasteiger charge is -2.13. The average molecular weight is 500 g/mol. The van der Waals surface area contributed by atoms with Crippen LogP contribution < -0.4 is 20.3 Å². The van der Waals surface area contributed by atoms with Crippen molar-refractivity contribution in [3.63, 3.8) is 0 Å². The van der Waals surface area contributed by atoms with Gasteiger partial charge in [0.1, 0.15) is 10.5 Å². The number of nitrogens with zero attached hydrogens (tertiary/aromatic N) is 2. The number of benzene rings is 2. The summed E-state index contributed by atoms with van der Waals surface area (Å²) in [5, 5.41) is 4.93. The van der Waals surface area contributed by atoms with Gasteiger partial charge >= 0.3 is 0 Å². The first-order chi connectivity index (χ1) is 16.5. The van der Waals surface area contributed by atoms with E-state index in [0.717, 1.165) is 5.56 Å². The van der Waals surface area contributed by atoms with Crippen molar-refractivity contribution in [1.82, 2.24) is 9.55 Å². The van der Waals surface area contributed by atoms with E-state index in [4.69, 9.17) is 9.47 Å². The number of carbonyl (C=O) groups is 1. The molecule has 0 unspecified atom stereocenters.